The van der Waals surface area contributed by atoms with Gasteiger partial charge >= 0.3 is 0 Å². The predicted octanol–water partition coefficient (Wildman–Crippen LogP) is 1.33. The Bertz CT molecular complexity index is 473. The van der Waals surface area contributed by atoms with Gasteiger partial charge in [-0.25, -0.2) is 0 Å². The van der Waals surface area contributed by atoms with Crippen LogP contribution in [-0.4, -0.2) is 57.0 Å². The van der Waals surface area contributed by atoms with E-state index >= 15 is 0 Å². The predicted molar refractivity (Wildman–Crippen MR) is 75.3 cm³/mol. The Morgan fingerprint density at radius 3 is 2.60 bits per heavy atom. The number of nitrogens with zero attached hydrogens (tertiary/aromatic N) is 3. The molecule has 1 aromatic carbocycles. The molecule has 1 fully saturated rings. The van der Waals surface area contributed by atoms with Crippen LogP contribution >= 0.6 is 0 Å². The summed E-state index contributed by atoms with van der Waals surface area (Å²) >= 11 is 0. The Hall–Kier alpha value is -1.86. The van der Waals surface area contributed by atoms with E-state index in [9.17, 15) is 10.1 Å². The van der Waals surface area contributed by atoms with Crippen LogP contribution in [-0.2, 0) is 4.74 Å². The van der Waals surface area contributed by atoms with Crippen LogP contribution in [0.5, 0.6) is 5.75 Å². The number of piperazine rings is 1. The van der Waals surface area contributed by atoms with E-state index in [0.717, 1.165) is 31.9 Å². The van der Waals surface area contributed by atoms with Gasteiger partial charge in [0.25, 0.3) is 5.69 Å². The molecule has 0 bridgehead atoms. The van der Waals surface area contributed by atoms with Crippen molar-refractivity contribution in [1.82, 2.24) is 4.90 Å². The largest absolute Gasteiger partial charge is 0.465 e. The standard InChI is InChI=1S/C13H19N3O4/c1-14-5-7-15(8-6-14)12-4-3-11(16(17)18)9-13(12)20-10-19-2/h3-4,9H,5-8,10H2,1-2H3. The number of methoxy groups -OCH3 is 1. The molecule has 0 atom stereocenters. The summed E-state index contributed by atoms with van der Waals surface area (Å²) in [5.74, 6) is 0.491. The van der Waals surface area contributed by atoms with Gasteiger partial charge in [-0.2, -0.15) is 0 Å². The average Bonchev–Trinajstić information content (AvgIpc) is 2.45. The molecule has 7 heteroatoms. The van der Waals surface area contributed by atoms with Crippen LogP contribution in [0.1, 0.15) is 0 Å². The van der Waals surface area contributed by atoms with E-state index in [1.54, 1.807) is 6.07 Å². The van der Waals surface area contributed by atoms with Gasteiger partial charge in [-0.1, -0.05) is 0 Å². The van der Waals surface area contributed by atoms with E-state index in [0.29, 0.717) is 5.75 Å². The molecule has 0 spiro atoms. The summed E-state index contributed by atoms with van der Waals surface area (Å²) in [6.07, 6.45) is 0. The highest BCUT2D eigenvalue weighted by Crippen LogP contribution is 2.32. The summed E-state index contributed by atoms with van der Waals surface area (Å²) in [6, 6.07) is 4.70. The molecule has 1 heterocycles. The maximum atomic E-state index is 10.9. The van der Waals surface area contributed by atoms with Crippen molar-refractivity contribution in [2.45, 2.75) is 0 Å². The van der Waals surface area contributed by atoms with Crippen LogP contribution in [0.15, 0.2) is 18.2 Å². The molecule has 2 rings (SSSR count). The lowest BCUT2D eigenvalue weighted by Gasteiger charge is -2.34. The van der Waals surface area contributed by atoms with E-state index in [1.165, 1.54) is 19.2 Å². The second-order valence-corrected chi connectivity index (χ2v) is 4.75. The topological polar surface area (TPSA) is 68.1 Å². The third kappa shape index (κ3) is 3.37. The number of rotatable bonds is 5. The average molecular weight is 281 g/mol. The molecule has 0 unspecified atom stereocenters. The number of non-ortho nitro benzene ring substituents is 1. The smallest absolute Gasteiger partial charge is 0.273 e. The van der Waals surface area contributed by atoms with Crippen LogP contribution in [0.25, 0.3) is 0 Å². The Morgan fingerprint density at radius 1 is 1.30 bits per heavy atom. The van der Waals surface area contributed by atoms with Crippen molar-refractivity contribution in [3.05, 3.63) is 28.3 Å². The summed E-state index contributed by atoms with van der Waals surface area (Å²) in [6.45, 7) is 3.73. The maximum absolute atomic E-state index is 10.9. The zero-order chi connectivity index (χ0) is 14.5. The van der Waals surface area contributed by atoms with Crippen LogP contribution in [0.2, 0.25) is 0 Å². The fourth-order valence-corrected chi connectivity index (χ4v) is 2.16. The van der Waals surface area contributed by atoms with Crippen LogP contribution in [0.3, 0.4) is 0 Å². The number of nitro groups is 1. The van der Waals surface area contributed by atoms with Crippen molar-refractivity contribution >= 4 is 11.4 Å². The molecule has 7 nitrogen and oxygen atoms in total. The van der Waals surface area contributed by atoms with Crippen molar-refractivity contribution in [2.24, 2.45) is 0 Å². The molecule has 1 saturated heterocycles. The fourth-order valence-electron chi connectivity index (χ4n) is 2.16. The molecule has 1 aliphatic rings. The first-order chi connectivity index (χ1) is 9.61. The molecular formula is C13H19N3O4. The monoisotopic (exact) mass is 281 g/mol. The Balaban J connectivity index is 2.23. The third-order valence-electron chi connectivity index (χ3n) is 3.33. The quantitative estimate of drug-likeness (QED) is 0.461. The first kappa shape index (κ1) is 14.5. The van der Waals surface area contributed by atoms with Gasteiger partial charge in [0.2, 0.25) is 0 Å². The molecule has 20 heavy (non-hydrogen) atoms. The first-order valence-corrected chi connectivity index (χ1v) is 6.45. The highest BCUT2D eigenvalue weighted by Gasteiger charge is 2.20. The highest BCUT2D eigenvalue weighted by atomic mass is 16.7. The van der Waals surface area contributed by atoms with Crippen LogP contribution in [0.4, 0.5) is 11.4 Å². The molecule has 0 radical (unpaired) electrons. The maximum Gasteiger partial charge on any atom is 0.273 e. The van der Waals surface area contributed by atoms with Gasteiger partial charge in [-0.3, -0.25) is 10.1 Å². The Kier molecular flexibility index (Phi) is 4.75. The van der Waals surface area contributed by atoms with Gasteiger partial charge in [0.15, 0.2) is 12.5 Å². The van der Waals surface area contributed by atoms with Crippen molar-refractivity contribution in [2.75, 3.05) is 52.0 Å². The number of anilines is 1. The van der Waals surface area contributed by atoms with Gasteiger partial charge in [-0.05, 0) is 13.1 Å². The summed E-state index contributed by atoms with van der Waals surface area (Å²) in [5, 5.41) is 10.9. The number of nitro benzene ring substituents is 1. The Morgan fingerprint density at radius 2 is 2.00 bits per heavy atom. The van der Waals surface area contributed by atoms with E-state index in [4.69, 9.17) is 9.47 Å². The zero-order valence-electron chi connectivity index (χ0n) is 11.7. The summed E-state index contributed by atoms with van der Waals surface area (Å²) in [7, 11) is 3.60. The number of hydrogen-bond donors (Lipinski definition) is 0. The summed E-state index contributed by atoms with van der Waals surface area (Å²) in [4.78, 5) is 14.9. The molecule has 0 saturated carbocycles. The lowest BCUT2D eigenvalue weighted by atomic mass is 10.2. The molecular weight excluding hydrogens is 262 g/mol. The lowest BCUT2D eigenvalue weighted by molar-refractivity contribution is -0.384. The highest BCUT2D eigenvalue weighted by molar-refractivity contribution is 5.62. The number of ether oxygens (including phenoxy) is 2. The van der Waals surface area contributed by atoms with Gasteiger partial charge in [0.1, 0.15) is 0 Å². The first-order valence-electron chi connectivity index (χ1n) is 6.45. The summed E-state index contributed by atoms with van der Waals surface area (Å²) in [5.41, 5.74) is 0.898. The van der Waals surface area contributed by atoms with E-state index in [-0.39, 0.29) is 12.5 Å². The van der Waals surface area contributed by atoms with Gasteiger partial charge in [-0.15, -0.1) is 0 Å². The second kappa shape index (κ2) is 6.53. The van der Waals surface area contributed by atoms with E-state index in [2.05, 4.69) is 16.8 Å². The van der Waals surface area contributed by atoms with Crippen molar-refractivity contribution < 1.29 is 14.4 Å². The number of hydrogen-bond acceptors (Lipinski definition) is 6. The van der Waals surface area contributed by atoms with Crippen molar-refractivity contribution in [3.8, 4) is 5.75 Å². The molecule has 0 N–H and O–H groups in total. The SMILES string of the molecule is COCOc1cc([N+](=O)[O-])ccc1N1CCN(C)CC1. The molecule has 110 valence electrons. The molecule has 1 aliphatic heterocycles. The minimum Gasteiger partial charge on any atom is -0.465 e. The minimum absolute atomic E-state index is 0.0222. The van der Waals surface area contributed by atoms with E-state index < -0.39 is 4.92 Å². The summed E-state index contributed by atoms with van der Waals surface area (Å²) < 4.78 is 10.4. The van der Waals surface area contributed by atoms with Gasteiger partial charge in [0.05, 0.1) is 16.7 Å². The third-order valence-corrected chi connectivity index (χ3v) is 3.33. The molecule has 0 amide bonds. The molecule has 0 aromatic heterocycles. The molecule has 1 aromatic rings. The zero-order valence-corrected chi connectivity index (χ0v) is 11.7. The number of benzene rings is 1. The minimum atomic E-state index is -0.423. The van der Waals surface area contributed by atoms with Crippen LogP contribution in [0, 0.1) is 10.1 Å². The lowest BCUT2D eigenvalue weighted by Crippen LogP contribution is -2.44. The normalized spacial score (nSPS) is 16.2. The fraction of sp³-hybridized carbons (Fsp3) is 0.538. The van der Waals surface area contributed by atoms with Crippen molar-refractivity contribution in [1.29, 1.82) is 0 Å². The number of likely N-dealkylation sites (N-methyl/N-ethyl adjacent to an activating group) is 1. The van der Waals surface area contributed by atoms with Crippen LogP contribution < -0.4 is 9.64 Å². The second-order valence-electron chi connectivity index (χ2n) is 4.75. The van der Waals surface area contributed by atoms with Gasteiger partial charge < -0.3 is 19.3 Å². The van der Waals surface area contributed by atoms with E-state index in [1.807, 2.05) is 0 Å². The van der Waals surface area contributed by atoms with Crippen molar-refractivity contribution in [3.63, 3.8) is 0 Å². The Labute approximate surface area is 117 Å². The molecule has 0 aliphatic carbocycles. The van der Waals surface area contributed by atoms with Gasteiger partial charge in [0, 0.05) is 39.4 Å².